The van der Waals surface area contributed by atoms with Crippen LogP contribution in [0.4, 0.5) is 10.1 Å². The second kappa shape index (κ2) is 9.08. The summed E-state index contributed by atoms with van der Waals surface area (Å²) >= 11 is 3.41. The molecule has 0 amide bonds. The number of nitrogens with zero attached hydrogens (tertiary/aromatic N) is 4. The number of hydrogen-bond acceptors (Lipinski definition) is 4. The first-order valence-corrected chi connectivity index (χ1v) is 11.2. The lowest BCUT2D eigenvalue weighted by molar-refractivity contribution is 0.623. The highest BCUT2D eigenvalue weighted by molar-refractivity contribution is 9.10. The highest BCUT2D eigenvalue weighted by Gasteiger charge is 2.16. The Bertz CT molecular complexity index is 1150. The lowest BCUT2D eigenvalue weighted by Crippen LogP contribution is -2.22. The van der Waals surface area contributed by atoms with Gasteiger partial charge in [-0.05, 0) is 55.2 Å². The summed E-state index contributed by atoms with van der Waals surface area (Å²) in [6.45, 7) is 3.87. The van der Waals surface area contributed by atoms with E-state index >= 15 is 0 Å². The van der Waals surface area contributed by atoms with Gasteiger partial charge in [-0.1, -0.05) is 35.3 Å². The Morgan fingerprint density at radius 1 is 1.20 bits per heavy atom. The van der Waals surface area contributed by atoms with Gasteiger partial charge in [0, 0.05) is 24.0 Å². The zero-order valence-electron chi connectivity index (χ0n) is 16.9. The Hall–Kier alpha value is -2.54. The van der Waals surface area contributed by atoms with E-state index in [2.05, 4.69) is 37.8 Å². The predicted octanol–water partition coefficient (Wildman–Crippen LogP) is 5.12. The summed E-state index contributed by atoms with van der Waals surface area (Å²) < 4.78 is 16.8. The molecule has 2 aromatic carbocycles. The minimum absolute atomic E-state index is 0.224. The Labute approximate surface area is 183 Å². The molecule has 1 aliphatic rings. The molecule has 0 saturated carbocycles. The molecule has 0 aliphatic carbocycles. The molecule has 30 heavy (non-hydrogen) atoms. The van der Waals surface area contributed by atoms with Gasteiger partial charge in [-0.3, -0.25) is 4.79 Å². The summed E-state index contributed by atoms with van der Waals surface area (Å²) in [5.41, 5.74) is 1.67. The van der Waals surface area contributed by atoms with E-state index in [4.69, 9.17) is 0 Å². The van der Waals surface area contributed by atoms with Gasteiger partial charge in [0.2, 0.25) is 0 Å². The van der Waals surface area contributed by atoms with Crippen molar-refractivity contribution in [2.24, 2.45) is 5.10 Å². The van der Waals surface area contributed by atoms with Crippen LogP contribution in [0.15, 0.2) is 50.8 Å². The molecule has 2 heterocycles. The normalized spacial score (nSPS) is 14.3. The van der Waals surface area contributed by atoms with Crippen LogP contribution in [0.1, 0.15) is 44.0 Å². The third kappa shape index (κ3) is 4.31. The zero-order chi connectivity index (χ0) is 21.1. The van der Waals surface area contributed by atoms with Crippen molar-refractivity contribution in [2.75, 3.05) is 18.0 Å². The molecule has 0 N–H and O–H groups in total. The molecule has 0 unspecified atom stereocenters. The molecule has 0 radical (unpaired) electrons. The second-order valence-corrected chi connectivity index (χ2v) is 8.48. The molecule has 1 aromatic heterocycles. The van der Waals surface area contributed by atoms with Crippen molar-refractivity contribution >= 4 is 38.7 Å². The molecule has 3 aromatic rings. The predicted molar refractivity (Wildman–Crippen MR) is 123 cm³/mol. The minimum atomic E-state index is -0.264. The molecular weight excluding hydrogens is 447 g/mol. The van der Waals surface area contributed by atoms with Gasteiger partial charge >= 0.3 is 0 Å². The Kier molecular flexibility index (Phi) is 6.27. The van der Waals surface area contributed by atoms with E-state index in [0.717, 1.165) is 43.2 Å². The number of anilines is 1. The van der Waals surface area contributed by atoms with Gasteiger partial charge in [-0.2, -0.15) is 9.78 Å². The van der Waals surface area contributed by atoms with Crippen LogP contribution in [0.25, 0.3) is 10.9 Å². The maximum absolute atomic E-state index is 14.6. The van der Waals surface area contributed by atoms with Crippen molar-refractivity contribution in [2.45, 2.75) is 39.0 Å². The summed E-state index contributed by atoms with van der Waals surface area (Å²) in [6.07, 6.45) is 6.26. The Balaban J connectivity index is 1.71. The fourth-order valence-corrected chi connectivity index (χ4v) is 4.11. The number of unbranched alkanes of at least 4 members (excludes halogenated alkanes) is 1. The molecule has 1 saturated heterocycles. The SMILES string of the molecule is CCCCc1nc2ccc(Br)cc2c(=O)n1N=Cc1ccc(N2CCCC2)c(F)c1. The molecule has 0 atom stereocenters. The lowest BCUT2D eigenvalue weighted by Gasteiger charge is -2.18. The summed E-state index contributed by atoms with van der Waals surface area (Å²) in [7, 11) is 0. The monoisotopic (exact) mass is 470 g/mol. The topological polar surface area (TPSA) is 50.5 Å². The number of rotatable bonds is 6. The maximum Gasteiger partial charge on any atom is 0.282 e. The van der Waals surface area contributed by atoms with E-state index in [0.29, 0.717) is 34.4 Å². The highest BCUT2D eigenvalue weighted by atomic mass is 79.9. The van der Waals surface area contributed by atoms with Gasteiger partial charge in [0.15, 0.2) is 0 Å². The van der Waals surface area contributed by atoms with Crippen molar-refractivity contribution in [3.8, 4) is 0 Å². The summed E-state index contributed by atoms with van der Waals surface area (Å²) in [5.74, 6) is 0.349. The molecule has 5 nitrogen and oxygen atoms in total. The smallest absolute Gasteiger partial charge is 0.282 e. The summed E-state index contributed by atoms with van der Waals surface area (Å²) in [5, 5.41) is 4.90. The third-order valence-corrected chi connectivity index (χ3v) is 5.86. The average Bonchev–Trinajstić information content (AvgIpc) is 3.27. The fourth-order valence-electron chi connectivity index (χ4n) is 3.75. The van der Waals surface area contributed by atoms with E-state index in [-0.39, 0.29) is 11.4 Å². The van der Waals surface area contributed by atoms with Crippen molar-refractivity contribution in [3.05, 3.63) is 68.4 Å². The van der Waals surface area contributed by atoms with Crippen molar-refractivity contribution < 1.29 is 4.39 Å². The van der Waals surface area contributed by atoms with Crippen LogP contribution in [0.2, 0.25) is 0 Å². The zero-order valence-corrected chi connectivity index (χ0v) is 18.5. The van der Waals surface area contributed by atoms with Crippen LogP contribution in [-0.4, -0.2) is 29.0 Å². The van der Waals surface area contributed by atoms with E-state index < -0.39 is 0 Å². The molecular formula is C23H24BrFN4O. The molecule has 4 rings (SSSR count). The van der Waals surface area contributed by atoms with E-state index in [9.17, 15) is 9.18 Å². The number of aromatic nitrogens is 2. The number of aryl methyl sites for hydroxylation is 1. The first-order valence-electron chi connectivity index (χ1n) is 10.4. The molecule has 1 aliphatic heterocycles. The number of fused-ring (bicyclic) bond motifs is 1. The summed E-state index contributed by atoms with van der Waals surface area (Å²) in [4.78, 5) is 19.8. The van der Waals surface area contributed by atoms with Crippen LogP contribution in [-0.2, 0) is 6.42 Å². The van der Waals surface area contributed by atoms with Gasteiger partial charge in [0.05, 0.1) is 22.8 Å². The van der Waals surface area contributed by atoms with Gasteiger partial charge in [-0.25, -0.2) is 9.37 Å². The lowest BCUT2D eigenvalue weighted by atomic mass is 10.2. The quantitative estimate of drug-likeness (QED) is 0.469. The van der Waals surface area contributed by atoms with Gasteiger partial charge in [0.25, 0.3) is 5.56 Å². The average molecular weight is 471 g/mol. The van der Waals surface area contributed by atoms with Crippen molar-refractivity contribution in [1.29, 1.82) is 0 Å². The van der Waals surface area contributed by atoms with Gasteiger partial charge < -0.3 is 4.90 Å². The van der Waals surface area contributed by atoms with Crippen LogP contribution >= 0.6 is 15.9 Å². The largest absolute Gasteiger partial charge is 0.369 e. The van der Waals surface area contributed by atoms with Crippen LogP contribution in [0.3, 0.4) is 0 Å². The first-order chi connectivity index (χ1) is 14.6. The highest BCUT2D eigenvalue weighted by Crippen LogP contribution is 2.24. The van der Waals surface area contributed by atoms with Crippen LogP contribution in [0.5, 0.6) is 0 Å². The standard InChI is InChI=1S/C23H24BrFN4O/c1-2-3-6-22-27-20-9-8-17(24)14-18(20)23(30)29(22)26-15-16-7-10-21(19(25)13-16)28-11-4-5-12-28/h7-10,13-15H,2-6,11-12H2,1H3. The first kappa shape index (κ1) is 20.7. The maximum atomic E-state index is 14.6. The molecule has 0 bridgehead atoms. The van der Waals surface area contributed by atoms with E-state index in [1.165, 1.54) is 17.0 Å². The third-order valence-electron chi connectivity index (χ3n) is 5.37. The Morgan fingerprint density at radius 2 is 2.00 bits per heavy atom. The fraction of sp³-hybridized carbons (Fsp3) is 0.348. The van der Waals surface area contributed by atoms with Crippen LogP contribution in [0, 0.1) is 5.82 Å². The van der Waals surface area contributed by atoms with Gasteiger partial charge in [0.1, 0.15) is 11.6 Å². The molecule has 7 heteroatoms. The summed E-state index contributed by atoms with van der Waals surface area (Å²) in [6, 6.07) is 10.6. The molecule has 1 fully saturated rings. The molecule has 0 spiro atoms. The van der Waals surface area contributed by atoms with Crippen molar-refractivity contribution in [3.63, 3.8) is 0 Å². The van der Waals surface area contributed by atoms with E-state index in [1.54, 1.807) is 12.1 Å². The number of hydrogen-bond donors (Lipinski definition) is 0. The van der Waals surface area contributed by atoms with Crippen LogP contribution < -0.4 is 10.5 Å². The Morgan fingerprint density at radius 3 is 2.73 bits per heavy atom. The molecule has 156 valence electrons. The second-order valence-electron chi connectivity index (χ2n) is 7.56. The number of benzene rings is 2. The van der Waals surface area contributed by atoms with Crippen molar-refractivity contribution in [1.82, 2.24) is 9.66 Å². The van der Waals surface area contributed by atoms with Gasteiger partial charge in [-0.15, -0.1) is 0 Å². The van der Waals surface area contributed by atoms with E-state index in [1.807, 2.05) is 18.2 Å². The number of halogens is 2. The minimum Gasteiger partial charge on any atom is -0.369 e.